The van der Waals surface area contributed by atoms with Crippen LogP contribution >= 0.6 is 0 Å². The topological polar surface area (TPSA) is 73.2 Å². The molecule has 2 aromatic carbocycles. The number of fused-ring (bicyclic) bond motifs is 1. The van der Waals surface area contributed by atoms with Gasteiger partial charge in [-0.25, -0.2) is 9.78 Å². The SMILES string of the molecule is COC(=O)c1ccccc1N[C@H](C)c1cc(C)cc2c(=O)n(C)c(C3(C)CCC3)nc12. The Morgan fingerprint density at radius 3 is 2.61 bits per heavy atom. The molecule has 0 unspecified atom stereocenters. The number of para-hydroxylation sites is 1. The van der Waals surface area contributed by atoms with Crippen molar-refractivity contribution in [2.45, 2.75) is 51.5 Å². The number of aryl methyl sites for hydroxylation is 1. The molecular weight excluding hydrogens is 390 g/mol. The van der Waals surface area contributed by atoms with Gasteiger partial charge in [0.25, 0.3) is 5.56 Å². The second kappa shape index (κ2) is 7.84. The van der Waals surface area contributed by atoms with E-state index in [4.69, 9.17) is 9.72 Å². The van der Waals surface area contributed by atoms with Crippen molar-refractivity contribution in [1.82, 2.24) is 9.55 Å². The van der Waals surface area contributed by atoms with Gasteiger partial charge in [0.2, 0.25) is 0 Å². The number of anilines is 1. The average Bonchev–Trinajstić information content (AvgIpc) is 2.74. The van der Waals surface area contributed by atoms with Gasteiger partial charge in [0, 0.05) is 23.7 Å². The highest BCUT2D eigenvalue weighted by Crippen LogP contribution is 2.42. The minimum absolute atomic E-state index is 0.0137. The highest BCUT2D eigenvalue weighted by Gasteiger charge is 2.37. The average molecular weight is 420 g/mol. The largest absolute Gasteiger partial charge is 0.465 e. The number of hydrogen-bond donors (Lipinski definition) is 1. The van der Waals surface area contributed by atoms with Crippen molar-refractivity contribution >= 4 is 22.6 Å². The lowest BCUT2D eigenvalue weighted by molar-refractivity contribution is 0.0602. The quantitative estimate of drug-likeness (QED) is 0.610. The van der Waals surface area contributed by atoms with E-state index >= 15 is 0 Å². The summed E-state index contributed by atoms with van der Waals surface area (Å²) in [6.07, 6.45) is 3.24. The monoisotopic (exact) mass is 419 g/mol. The molecule has 1 aromatic heterocycles. The van der Waals surface area contributed by atoms with Crippen LogP contribution in [0.25, 0.3) is 10.9 Å². The number of esters is 1. The predicted molar refractivity (Wildman–Crippen MR) is 123 cm³/mol. The third-order valence-corrected chi connectivity index (χ3v) is 6.52. The number of hydrogen-bond acceptors (Lipinski definition) is 5. The van der Waals surface area contributed by atoms with E-state index in [1.807, 2.05) is 39.1 Å². The van der Waals surface area contributed by atoms with Crippen molar-refractivity contribution in [3.8, 4) is 0 Å². The van der Waals surface area contributed by atoms with Gasteiger partial charge in [-0.1, -0.05) is 31.5 Å². The molecule has 6 heteroatoms. The fourth-order valence-electron chi connectivity index (χ4n) is 4.56. The van der Waals surface area contributed by atoms with Crippen LogP contribution in [0.15, 0.2) is 41.2 Å². The number of carbonyl (C=O) groups excluding carboxylic acids is 1. The number of benzene rings is 2. The molecule has 0 saturated heterocycles. The number of aromatic nitrogens is 2. The third-order valence-electron chi connectivity index (χ3n) is 6.52. The zero-order valence-electron chi connectivity index (χ0n) is 18.8. The van der Waals surface area contributed by atoms with Crippen LogP contribution in [0.2, 0.25) is 0 Å². The molecule has 162 valence electrons. The molecule has 0 bridgehead atoms. The molecule has 1 N–H and O–H groups in total. The van der Waals surface area contributed by atoms with Crippen LogP contribution in [0.3, 0.4) is 0 Å². The number of rotatable bonds is 5. The third kappa shape index (κ3) is 3.60. The first kappa shape index (κ1) is 21.1. The summed E-state index contributed by atoms with van der Waals surface area (Å²) in [5.41, 5.74) is 3.76. The van der Waals surface area contributed by atoms with E-state index in [-0.39, 0.29) is 17.0 Å². The molecule has 1 atom stereocenters. The fraction of sp³-hybridized carbons (Fsp3) is 0.400. The summed E-state index contributed by atoms with van der Waals surface area (Å²) >= 11 is 0. The number of nitrogens with one attached hydrogen (secondary N) is 1. The Morgan fingerprint density at radius 2 is 1.97 bits per heavy atom. The van der Waals surface area contributed by atoms with Gasteiger partial charge in [0.05, 0.1) is 29.6 Å². The van der Waals surface area contributed by atoms with Gasteiger partial charge in [-0.3, -0.25) is 9.36 Å². The van der Waals surface area contributed by atoms with E-state index in [2.05, 4.69) is 18.3 Å². The van der Waals surface area contributed by atoms with Gasteiger partial charge in [0.1, 0.15) is 5.82 Å². The van der Waals surface area contributed by atoms with Crippen LogP contribution in [-0.2, 0) is 17.2 Å². The summed E-state index contributed by atoms with van der Waals surface area (Å²) in [6, 6.07) is 11.1. The maximum absolute atomic E-state index is 13.2. The molecule has 3 aromatic rings. The van der Waals surface area contributed by atoms with Gasteiger partial charge in [0.15, 0.2) is 0 Å². The number of nitrogens with zero attached hydrogens (tertiary/aromatic N) is 2. The van der Waals surface area contributed by atoms with E-state index in [1.165, 1.54) is 7.11 Å². The summed E-state index contributed by atoms with van der Waals surface area (Å²) in [4.78, 5) is 30.5. The first-order valence-electron chi connectivity index (χ1n) is 10.7. The van der Waals surface area contributed by atoms with Gasteiger partial charge < -0.3 is 10.1 Å². The lowest BCUT2D eigenvalue weighted by atomic mass is 9.69. The smallest absolute Gasteiger partial charge is 0.339 e. The first-order chi connectivity index (χ1) is 14.7. The molecule has 1 saturated carbocycles. The van der Waals surface area contributed by atoms with Gasteiger partial charge in [-0.15, -0.1) is 0 Å². The zero-order valence-corrected chi connectivity index (χ0v) is 18.8. The molecule has 1 aliphatic carbocycles. The standard InChI is InChI=1S/C25H29N3O3/c1-15-13-18(16(2)26-20-10-7-6-9-17(20)23(30)31-5)21-19(14-15)22(29)28(4)24(27-21)25(3)11-8-12-25/h6-7,9-10,13-14,16,26H,8,11-12H2,1-5H3/t16-/m1/s1. The number of carbonyl (C=O) groups is 1. The number of methoxy groups -OCH3 is 1. The summed E-state index contributed by atoms with van der Waals surface area (Å²) in [5.74, 6) is 0.458. The Kier molecular flexibility index (Phi) is 5.33. The number of ether oxygens (including phenoxy) is 1. The van der Waals surface area contributed by atoms with E-state index in [0.717, 1.165) is 41.7 Å². The van der Waals surface area contributed by atoms with Crippen molar-refractivity contribution in [2.24, 2.45) is 7.05 Å². The predicted octanol–water partition coefficient (Wildman–Crippen LogP) is 4.64. The Morgan fingerprint density at radius 1 is 1.26 bits per heavy atom. The van der Waals surface area contributed by atoms with Crippen molar-refractivity contribution in [2.75, 3.05) is 12.4 Å². The van der Waals surface area contributed by atoms with Crippen LogP contribution in [-0.4, -0.2) is 22.6 Å². The normalized spacial score (nSPS) is 15.9. The molecule has 1 fully saturated rings. The molecule has 0 spiro atoms. The van der Waals surface area contributed by atoms with Crippen molar-refractivity contribution in [3.05, 3.63) is 69.3 Å². The molecular formula is C25H29N3O3. The van der Waals surface area contributed by atoms with Crippen LogP contribution in [0, 0.1) is 6.92 Å². The molecule has 31 heavy (non-hydrogen) atoms. The van der Waals surface area contributed by atoms with Gasteiger partial charge in [-0.05, 0) is 50.5 Å². The second-order valence-electron chi connectivity index (χ2n) is 8.87. The van der Waals surface area contributed by atoms with Crippen LogP contribution in [0.1, 0.15) is 66.5 Å². The maximum atomic E-state index is 13.2. The zero-order chi connectivity index (χ0) is 22.3. The molecule has 1 heterocycles. The van der Waals surface area contributed by atoms with Crippen LogP contribution < -0.4 is 10.9 Å². The minimum Gasteiger partial charge on any atom is -0.465 e. The lowest BCUT2D eigenvalue weighted by Gasteiger charge is -2.38. The second-order valence-corrected chi connectivity index (χ2v) is 8.87. The van der Waals surface area contributed by atoms with Crippen molar-refractivity contribution in [3.63, 3.8) is 0 Å². The molecule has 1 aliphatic rings. The summed E-state index contributed by atoms with van der Waals surface area (Å²) in [5, 5.41) is 4.06. The summed E-state index contributed by atoms with van der Waals surface area (Å²) in [7, 11) is 3.20. The van der Waals surface area contributed by atoms with E-state index in [9.17, 15) is 9.59 Å². The molecule has 6 nitrogen and oxygen atoms in total. The Balaban J connectivity index is 1.84. The highest BCUT2D eigenvalue weighted by atomic mass is 16.5. The summed E-state index contributed by atoms with van der Waals surface area (Å²) < 4.78 is 6.64. The van der Waals surface area contributed by atoms with Crippen LogP contribution in [0.4, 0.5) is 5.69 Å². The lowest BCUT2D eigenvalue weighted by Crippen LogP contribution is -2.38. The van der Waals surface area contributed by atoms with Crippen LogP contribution in [0.5, 0.6) is 0 Å². The molecule has 0 radical (unpaired) electrons. The first-order valence-corrected chi connectivity index (χ1v) is 10.7. The minimum atomic E-state index is -0.392. The Bertz CT molecular complexity index is 1220. The van der Waals surface area contributed by atoms with Crippen molar-refractivity contribution in [1.29, 1.82) is 0 Å². The van der Waals surface area contributed by atoms with Crippen molar-refractivity contribution < 1.29 is 9.53 Å². The van der Waals surface area contributed by atoms with E-state index in [0.29, 0.717) is 16.6 Å². The molecule has 0 amide bonds. The highest BCUT2D eigenvalue weighted by molar-refractivity contribution is 5.95. The van der Waals surface area contributed by atoms with Gasteiger partial charge >= 0.3 is 5.97 Å². The van der Waals surface area contributed by atoms with E-state index < -0.39 is 5.97 Å². The Labute approximate surface area is 182 Å². The molecule has 4 rings (SSSR count). The maximum Gasteiger partial charge on any atom is 0.339 e. The summed E-state index contributed by atoms with van der Waals surface area (Å²) in [6.45, 7) is 6.19. The van der Waals surface area contributed by atoms with E-state index in [1.54, 1.807) is 16.7 Å². The Hall–Kier alpha value is -3.15. The molecule has 0 aliphatic heterocycles. The van der Waals surface area contributed by atoms with Gasteiger partial charge in [-0.2, -0.15) is 0 Å². The fourth-order valence-corrected chi connectivity index (χ4v) is 4.56.